The summed E-state index contributed by atoms with van der Waals surface area (Å²) >= 11 is 6.01. The molecule has 0 atom stereocenters. The second-order valence-electron chi connectivity index (χ2n) is 4.12. The number of pyridine rings is 1. The van der Waals surface area contributed by atoms with Crippen molar-refractivity contribution in [2.45, 2.75) is 13.5 Å². The van der Waals surface area contributed by atoms with Crippen LogP contribution in [0, 0.1) is 12.7 Å². The van der Waals surface area contributed by atoms with Crippen LogP contribution in [0.25, 0.3) is 0 Å². The number of aryl methyl sites for hydroxylation is 1. The topological polar surface area (TPSA) is 34.1 Å². The van der Waals surface area contributed by atoms with E-state index in [9.17, 15) is 4.39 Å². The Morgan fingerprint density at radius 3 is 2.79 bits per heavy atom. The number of nitrogens with zero attached hydrogens (tertiary/aromatic N) is 1. The van der Waals surface area contributed by atoms with Gasteiger partial charge in [0.1, 0.15) is 0 Å². The number of halogens is 2. The highest BCUT2D eigenvalue weighted by Crippen LogP contribution is 2.24. The van der Waals surface area contributed by atoms with Crippen molar-refractivity contribution in [1.29, 1.82) is 0 Å². The first-order valence-electron chi connectivity index (χ1n) is 5.79. The number of hydrogen-bond donors (Lipinski definition) is 1. The minimum Gasteiger partial charge on any atom is -0.494 e. The molecule has 2 rings (SSSR count). The van der Waals surface area contributed by atoms with Gasteiger partial charge in [-0.15, -0.1) is 0 Å². The van der Waals surface area contributed by atoms with Gasteiger partial charge in [-0.05, 0) is 36.2 Å². The third-order valence-electron chi connectivity index (χ3n) is 2.80. The Morgan fingerprint density at radius 1 is 1.37 bits per heavy atom. The summed E-state index contributed by atoms with van der Waals surface area (Å²) in [6, 6.07) is 6.70. The van der Waals surface area contributed by atoms with Crippen LogP contribution in [-0.4, -0.2) is 12.1 Å². The fourth-order valence-corrected chi connectivity index (χ4v) is 2.02. The fourth-order valence-electron chi connectivity index (χ4n) is 1.75. The molecule has 0 saturated heterocycles. The van der Waals surface area contributed by atoms with E-state index < -0.39 is 0 Å². The Bertz CT molecular complexity index is 569. The van der Waals surface area contributed by atoms with Gasteiger partial charge in [-0.2, -0.15) is 0 Å². The van der Waals surface area contributed by atoms with Crippen molar-refractivity contribution in [3.05, 3.63) is 52.6 Å². The van der Waals surface area contributed by atoms with Crippen molar-refractivity contribution in [3.63, 3.8) is 0 Å². The highest BCUT2D eigenvalue weighted by Gasteiger charge is 2.06. The minimum atomic E-state index is -0.379. The molecule has 1 aromatic carbocycles. The molecule has 1 aromatic heterocycles. The van der Waals surface area contributed by atoms with Gasteiger partial charge in [0.2, 0.25) is 0 Å². The van der Waals surface area contributed by atoms with Crippen molar-refractivity contribution >= 4 is 17.3 Å². The van der Waals surface area contributed by atoms with Crippen molar-refractivity contribution in [1.82, 2.24) is 4.98 Å². The summed E-state index contributed by atoms with van der Waals surface area (Å²) < 4.78 is 18.4. The van der Waals surface area contributed by atoms with Gasteiger partial charge in [-0.25, -0.2) is 9.37 Å². The van der Waals surface area contributed by atoms with Gasteiger partial charge >= 0.3 is 0 Å². The van der Waals surface area contributed by atoms with Crippen LogP contribution in [0.2, 0.25) is 5.15 Å². The zero-order valence-electron chi connectivity index (χ0n) is 10.7. The zero-order valence-corrected chi connectivity index (χ0v) is 11.5. The smallest absolute Gasteiger partial charge is 0.165 e. The molecule has 0 saturated carbocycles. The minimum absolute atomic E-state index is 0.236. The molecule has 19 heavy (non-hydrogen) atoms. The number of benzene rings is 1. The first-order chi connectivity index (χ1) is 9.11. The number of rotatable bonds is 4. The maximum atomic E-state index is 13.5. The highest BCUT2D eigenvalue weighted by atomic mass is 35.5. The molecular formula is C14H14ClFN2O. The number of anilines is 1. The molecule has 1 N–H and O–H groups in total. The summed E-state index contributed by atoms with van der Waals surface area (Å²) in [5.41, 5.74) is 2.56. The predicted octanol–water partition coefficient (Wildman–Crippen LogP) is 3.80. The van der Waals surface area contributed by atoms with Gasteiger partial charge in [0.05, 0.1) is 12.8 Å². The molecule has 0 aliphatic heterocycles. The standard InChI is InChI=1S/C14H14ClFN2O/c1-9-5-6-17-14(15)13(9)18-8-10-3-4-12(19-2)11(16)7-10/h3-7,18H,8H2,1-2H3. The van der Waals surface area contributed by atoms with E-state index in [2.05, 4.69) is 10.3 Å². The van der Waals surface area contributed by atoms with Gasteiger partial charge in [-0.3, -0.25) is 0 Å². The van der Waals surface area contributed by atoms with Gasteiger partial charge < -0.3 is 10.1 Å². The van der Waals surface area contributed by atoms with E-state index in [1.807, 2.05) is 13.0 Å². The Balaban J connectivity index is 2.13. The lowest BCUT2D eigenvalue weighted by Gasteiger charge is -2.11. The van der Waals surface area contributed by atoms with Gasteiger partial charge in [0, 0.05) is 12.7 Å². The highest BCUT2D eigenvalue weighted by molar-refractivity contribution is 6.32. The lowest BCUT2D eigenvalue weighted by molar-refractivity contribution is 0.386. The van der Waals surface area contributed by atoms with Crippen LogP contribution in [0.3, 0.4) is 0 Å². The molecule has 0 radical (unpaired) electrons. The predicted molar refractivity (Wildman–Crippen MR) is 74.3 cm³/mol. The lowest BCUT2D eigenvalue weighted by atomic mass is 10.2. The first kappa shape index (κ1) is 13.6. The molecule has 0 bridgehead atoms. The Hall–Kier alpha value is -1.81. The number of methoxy groups -OCH3 is 1. The molecule has 0 unspecified atom stereocenters. The Morgan fingerprint density at radius 2 is 2.16 bits per heavy atom. The largest absolute Gasteiger partial charge is 0.494 e. The number of ether oxygens (including phenoxy) is 1. The van der Waals surface area contributed by atoms with E-state index in [0.29, 0.717) is 11.7 Å². The van der Waals surface area contributed by atoms with Crippen LogP contribution in [0.15, 0.2) is 30.5 Å². The van der Waals surface area contributed by atoms with E-state index in [0.717, 1.165) is 16.8 Å². The van der Waals surface area contributed by atoms with Crippen molar-refractivity contribution in [3.8, 4) is 5.75 Å². The Kier molecular flexibility index (Phi) is 4.22. The number of nitrogens with one attached hydrogen (secondary N) is 1. The van der Waals surface area contributed by atoms with Crippen LogP contribution in [-0.2, 0) is 6.54 Å². The van der Waals surface area contributed by atoms with Crippen LogP contribution in [0.4, 0.5) is 10.1 Å². The van der Waals surface area contributed by atoms with Gasteiger partial charge in [0.15, 0.2) is 16.7 Å². The fraction of sp³-hybridized carbons (Fsp3) is 0.214. The van der Waals surface area contributed by atoms with Crippen molar-refractivity contribution in [2.75, 3.05) is 12.4 Å². The van der Waals surface area contributed by atoms with E-state index in [1.54, 1.807) is 18.3 Å². The first-order valence-corrected chi connectivity index (χ1v) is 6.17. The summed E-state index contributed by atoms with van der Waals surface area (Å²) in [5, 5.41) is 3.57. The molecule has 0 fully saturated rings. The second-order valence-corrected chi connectivity index (χ2v) is 4.47. The van der Waals surface area contributed by atoms with Gasteiger partial charge in [0.25, 0.3) is 0 Å². The zero-order chi connectivity index (χ0) is 13.8. The van der Waals surface area contributed by atoms with E-state index in [-0.39, 0.29) is 11.6 Å². The second kappa shape index (κ2) is 5.89. The molecule has 3 nitrogen and oxygen atoms in total. The normalized spacial score (nSPS) is 10.3. The van der Waals surface area contributed by atoms with Crippen LogP contribution >= 0.6 is 11.6 Å². The quantitative estimate of drug-likeness (QED) is 0.865. The summed E-state index contributed by atoms with van der Waals surface area (Å²) in [4.78, 5) is 4.01. The maximum absolute atomic E-state index is 13.5. The summed E-state index contributed by atoms with van der Waals surface area (Å²) in [6.07, 6.45) is 1.65. The molecular weight excluding hydrogens is 267 g/mol. The van der Waals surface area contributed by atoms with E-state index in [4.69, 9.17) is 16.3 Å². The van der Waals surface area contributed by atoms with Crippen LogP contribution in [0.5, 0.6) is 5.75 Å². The molecule has 0 aliphatic carbocycles. The summed E-state index contributed by atoms with van der Waals surface area (Å²) in [5.74, 6) is -0.143. The Labute approximate surface area is 116 Å². The van der Waals surface area contributed by atoms with E-state index in [1.165, 1.54) is 13.2 Å². The number of hydrogen-bond acceptors (Lipinski definition) is 3. The molecule has 0 aliphatic rings. The molecule has 0 spiro atoms. The average Bonchev–Trinajstić information content (AvgIpc) is 2.38. The third kappa shape index (κ3) is 3.15. The summed E-state index contributed by atoms with van der Waals surface area (Å²) in [6.45, 7) is 2.40. The molecule has 5 heteroatoms. The molecule has 100 valence electrons. The summed E-state index contributed by atoms with van der Waals surface area (Å²) in [7, 11) is 1.44. The SMILES string of the molecule is COc1ccc(CNc2c(C)ccnc2Cl)cc1F. The number of aromatic nitrogens is 1. The van der Waals surface area contributed by atoms with Gasteiger partial charge in [-0.1, -0.05) is 17.7 Å². The lowest BCUT2D eigenvalue weighted by Crippen LogP contribution is -2.03. The average molecular weight is 281 g/mol. The molecule has 0 amide bonds. The van der Waals surface area contributed by atoms with Crippen molar-refractivity contribution in [2.24, 2.45) is 0 Å². The van der Waals surface area contributed by atoms with Crippen molar-refractivity contribution < 1.29 is 9.13 Å². The molecule has 2 aromatic rings. The third-order valence-corrected chi connectivity index (χ3v) is 3.09. The van der Waals surface area contributed by atoms with Crippen LogP contribution in [0.1, 0.15) is 11.1 Å². The monoisotopic (exact) mass is 280 g/mol. The van der Waals surface area contributed by atoms with Crippen LogP contribution < -0.4 is 10.1 Å². The van der Waals surface area contributed by atoms with E-state index >= 15 is 0 Å². The maximum Gasteiger partial charge on any atom is 0.165 e. The molecule has 1 heterocycles.